The highest BCUT2D eigenvalue weighted by molar-refractivity contribution is 5.36. The summed E-state index contributed by atoms with van der Waals surface area (Å²) in [6, 6.07) is 6.39. The molecule has 2 N–H and O–H groups in total. The fourth-order valence-electron chi connectivity index (χ4n) is 2.16. The first-order valence-corrected chi connectivity index (χ1v) is 7.19. The second kappa shape index (κ2) is 8.94. The molecule has 0 aliphatic heterocycles. The van der Waals surface area contributed by atoms with Gasteiger partial charge in [0.25, 0.3) is 0 Å². The summed E-state index contributed by atoms with van der Waals surface area (Å²) in [7, 11) is 1.74. The van der Waals surface area contributed by atoms with Crippen molar-refractivity contribution in [3.8, 4) is 5.75 Å². The van der Waals surface area contributed by atoms with Crippen LogP contribution in [0.1, 0.15) is 37.3 Å². The molecule has 0 saturated heterocycles. The Hall–Kier alpha value is -1.06. The molecular weight excluding hydrogens is 238 g/mol. The Morgan fingerprint density at radius 3 is 2.58 bits per heavy atom. The molecule has 0 amide bonds. The van der Waals surface area contributed by atoms with Crippen molar-refractivity contribution in [3.63, 3.8) is 0 Å². The van der Waals surface area contributed by atoms with E-state index in [1.165, 1.54) is 11.1 Å². The van der Waals surface area contributed by atoms with Gasteiger partial charge in [-0.2, -0.15) is 0 Å². The first-order valence-electron chi connectivity index (χ1n) is 7.19. The molecule has 3 heteroatoms. The number of aryl methyl sites for hydroxylation is 1. The average Bonchev–Trinajstić information content (AvgIpc) is 2.37. The number of quaternary nitrogens is 1. The number of hydrogen-bond acceptors (Lipinski definition) is 2. The summed E-state index contributed by atoms with van der Waals surface area (Å²) in [5, 5.41) is 2.27. The van der Waals surface area contributed by atoms with Gasteiger partial charge in [0.05, 0.1) is 13.2 Å². The van der Waals surface area contributed by atoms with Crippen LogP contribution >= 0.6 is 0 Å². The third-order valence-electron chi connectivity index (χ3n) is 3.21. The van der Waals surface area contributed by atoms with Crippen molar-refractivity contribution >= 4 is 0 Å². The van der Waals surface area contributed by atoms with E-state index in [2.05, 4.69) is 44.3 Å². The normalized spacial score (nSPS) is 11.0. The van der Waals surface area contributed by atoms with Gasteiger partial charge in [-0.15, -0.1) is 0 Å². The van der Waals surface area contributed by atoms with E-state index in [1.807, 2.05) is 0 Å². The molecule has 1 aromatic carbocycles. The van der Waals surface area contributed by atoms with E-state index in [0.717, 1.165) is 38.5 Å². The van der Waals surface area contributed by atoms with Gasteiger partial charge < -0.3 is 14.8 Å². The van der Waals surface area contributed by atoms with Gasteiger partial charge in [-0.3, -0.25) is 0 Å². The molecule has 0 bridgehead atoms. The molecule has 0 fully saturated rings. The second-order valence-corrected chi connectivity index (χ2v) is 5.23. The number of benzene rings is 1. The van der Waals surface area contributed by atoms with Crippen molar-refractivity contribution in [2.24, 2.45) is 0 Å². The minimum atomic E-state index is 0.572. The summed E-state index contributed by atoms with van der Waals surface area (Å²) in [6.45, 7) is 10.3. The number of hydrogen-bond donors (Lipinski definition) is 1. The summed E-state index contributed by atoms with van der Waals surface area (Å²) >= 11 is 0. The number of methoxy groups -OCH3 is 1. The molecule has 3 nitrogen and oxygen atoms in total. The van der Waals surface area contributed by atoms with Crippen LogP contribution in [0.3, 0.4) is 0 Å². The predicted molar refractivity (Wildman–Crippen MR) is 78.9 cm³/mol. The molecule has 0 aromatic heterocycles. The lowest BCUT2D eigenvalue weighted by Crippen LogP contribution is -2.85. The second-order valence-electron chi connectivity index (χ2n) is 5.23. The van der Waals surface area contributed by atoms with Gasteiger partial charge in [0.15, 0.2) is 0 Å². The molecule has 0 aliphatic rings. The van der Waals surface area contributed by atoms with Gasteiger partial charge in [0.1, 0.15) is 18.9 Å². The zero-order valence-electron chi connectivity index (χ0n) is 12.7. The molecule has 108 valence electrons. The van der Waals surface area contributed by atoms with Crippen molar-refractivity contribution in [3.05, 3.63) is 29.3 Å². The topological polar surface area (TPSA) is 35.1 Å². The minimum absolute atomic E-state index is 0.572. The van der Waals surface area contributed by atoms with E-state index >= 15 is 0 Å². The van der Waals surface area contributed by atoms with Gasteiger partial charge in [0.2, 0.25) is 0 Å². The molecule has 0 radical (unpaired) electrons. The standard InChI is InChI=1S/C16H27NO2/c1-13(2)16-7-6-15(12-14(16)3)19-11-9-17-8-5-10-18-4/h6-7,12-13,17H,5,8-11H2,1-4H3/p+1. The molecular formula is C16H28NO2+. The van der Waals surface area contributed by atoms with Crippen LogP contribution in [0.4, 0.5) is 0 Å². The van der Waals surface area contributed by atoms with E-state index in [9.17, 15) is 0 Å². The van der Waals surface area contributed by atoms with E-state index < -0.39 is 0 Å². The third-order valence-corrected chi connectivity index (χ3v) is 3.21. The molecule has 0 spiro atoms. The van der Waals surface area contributed by atoms with Crippen molar-refractivity contribution in [1.82, 2.24) is 0 Å². The summed E-state index contributed by atoms with van der Waals surface area (Å²) in [6.07, 6.45) is 1.10. The van der Waals surface area contributed by atoms with Crippen LogP contribution in [-0.4, -0.2) is 33.4 Å². The first kappa shape index (κ1) is 16.0. The highest BCUT2D eigenvalue weighted by atomic mass is 16.5. The smallest absolute Gasteiger partial charge is 0.137 e. The number of rotatable bonds is 9. The fourth-order valence-corrected chi connectivity index (χ4v) is 2.16. The summed E-state index contributed by atoms with van der Waals surface area (Å²) < 4.78 is 10.8. The molecule has 0 saturated carbocycles. The van der Waals surface area contributed by atoms with E-state index in [4.69, 9.17) is 9.47 Å². The first-order chi connectivity index (χ1) is 9.15. The van der Waals surface area contributed by atoms with Gasteiger partial charge in [-0.05, 0) is 36.1 Å². The zero-order valence-corrected chi connectivity index (χ0v) is 12.7. The van der Waals surface area contributed by atoms with Crippen molar-refractivity contribution in [2.75, 3.05) is 33.4 Å². The van der Waals surface area contributed by atoms with Crippen molar-refractivity contribution in [1.29, 1.82) is 0 Å². The molecule has 19 heavy (non-hydrogen) atoms. The van der Waals surface area contributed by atoms with E-state index in [-0.39, 0.29) is 0 Å². The maximum Gasteiger partial charge on any atom is 0.137 e. The highest BCUT2D eigenvalue weighted by Crippen LogP contribution is 2.23. The maximum atomic E-state index is 5.77. The molecule has 0 heterocycles. The lowest BCUT2D eigenvalue weighted by molar-refractivity contribution is -0.655. The average molecular weight is 266 g/mol. The Labute approximate surface area is 117 Å². The van der Waals surface area contributed by atoms with Crippen LogP contribution in [-0.2, 0) is 4.74 Å². The summed E-state index contributed by atoms with van der Waals surface area (Å²) in [5.41, 5.74) is 2.72. The molecule has 0 unspecified atom stereocenters. The largest absolute Gasteiger partial charge is 0.488 e. The Morgan fingerprint density at radius 1 is 1.16 bits per heavy atom. The Kier molecular flexibility index (Phi) is 7.53. The monoisotopic (exact) mass is 266 g/mol. The van der Waals surface area contributed by atoms with Gasteiger partial charge in [0, 0.05) is 13.5 Å². The van der Waals surface area contributed by atoms with Crippen LogP contribution in [0.2, 0.25) is 0 Å². The summed E-state index contributed by atoms with van der Waals surface area (Å²) in [4.78, 5) is 0. The van der Waals surface area contributed by atoms with Gasteiger partial charge >= 0.3 is 0 Å². The van der Waals surface area contributed by atoms with E-state index in [0.29, 0.717) is 5.92 Å². The maximum absolute atomic E-state index is 5.77. The highest BCUT2D eigenvalue weighted by Gasteiger charge is 2.04. The molecule has 0 atom stereocenters. The molecule has 0 aliphatic carbocycles. The minimum Gasteiger partial charge on any atom is -0.488 e. The van der Waals surface area contributed by atoms with Crippen LogP contribution in [0, 0.1) is 6.92 Å². The Balaban J connectivity index is 2.25. The van der Waals surface area contributed by atoms with E-state index in [1.54, 1.807) is 7.11 Å². The lowest BCUT2D eigenvalue weighted by Gasteiger charge is -2.12. The van der Waals surface area contributed by atoms with Gasteiger partial charge in [-0.25, -0.2) is 0 Å². The van der Waals surface area contributed by atoms with Crippen LogP contribution < -0.4 is 10.1 Å². The lowest BCUT2D eigenvalue weighted by atomic mass is 9.98. The quantitative estimate of drug-likeness (QED) is 0.695. The zero-order chi connectivity index (χ0) is 14.1. The van der Waals surface area contributed by atoms with Crippen LogP contribution in [0.25, 0.3) is 0 Å². The SMILES string of the molecule is COCCC[NH2+]CCOc1ccc(C(C)C)c(C)c1. The fraction of sp³-hybridized carbons (Fsp3) is 0.625. The van der Waals surface area contributed by atoms with Crippen LogP contribution in [0.15, 0.2) is 18.2 Å². The molecule has 1 aromatic rings. The summed E-state index contributed by atoms with van der Waals surface area (Å²) in [5.74, 6) is 1.55. The van der Waals surface area contributed by atoms with Crippen LogP contribution in [0.5, 0.6) is 5.75 Å². The van der Waals surface area contributed by atoms with Gasteiger partial charge in [-0.1, -0.05) is 19.9 Å². The van der Waals surface area contributed by atoms with Crippen molar-refractivity contribution in [2.45, 2.75) is 33.1 Å². The predicted octanol–water partition coefficient (Wildman–Crippen LogP) is 2.10. The Morgan fingerprint density at radius 2 is 1.95 bits per heavy atom. The third kappa shape index (κ3) is 6.08. The van der Waals surface area contributed by atoms with Crippen molar-refractivity contribution < 1.29 is 14.8 Å². The molecule has 1 rings (SSSR count). The Bertz CT molecular complexity index is 364. The number of ether oxygens (including phenoxy) is 2. The number of nitrogens with two attached hydrogens (primary N) is 1.